The molecule has 6 heteroatoms. The number of nitrogens with one attached hydrogen (secondary N) is 2. The highest BCUT2D eigenvalue weighted by molar-refractivity contribution is 5.92. The number of rotatable bonds is 10. The molecule has 2 atom stereocenters. The molecular formula is C24H38N4O2. The lowest BCUT2D eigenvalue weighted by atomic mass is 9.91. The van der Waals surface area contributed by atoms with E-state index in [4.69, 9.17) is 15.5 Å². The van der Waals surface area contributed by atoms with Crippen LogP contribution in [0.5, 0.6) is 5.75 Å². The number of anilines is 1. The third-order valence-electron chi connectivity index (χ3n) is 5.32. The number of nitrogens with zero attached hydrogens (tertiary/aromatic N) is 1. The molecule has 4 N–H and O–H groups in total. The number of ether oxygens (including phenoxy) is 1. The van der Waals surface area contributed by atoms with Crippen LogP contribution in [0.25, 0.3) is 10.9 Å². The molecule has 2 rings (SSSR count). The van der Waals surface area contributed by atoms with Crippen LogP contribution < -0.4 is 21.1 Å². The van der Waals surface area contributed by atoms with Gasteiger partial charge in [-0.25, -0.2) is 0 Å². The average Bonchev–Trinajstić information content (AvgIpc) is 2.65. The third kappa shape index (κ3) is 6.33. The maximum atomic E-state index is 11.5. The van der Waals surface area contributed by atoms with Crippen molar-refractivity contribution in [1.29, 1.82) is 0 Å². The maximum absolute atomic E-state index is 11.5. The molecule has 1 heterocycles. The number of benzene rings is 1. The zero-order valence-electron chi connectivity index (χ0n) is 19.5. The number of carbonyl (C=O) groups excluding carboxylic acids is 1. The van der Waals surface area contributed by atoms with Gasteiger partial charge in [0.2, 0.25) is 5.91 Å². The molecule has 0 aliphatic heterocycles. The molecule has 0 bridgehead atoms. The summed E-state index contributed by atoms with van der Waals surface area (Å²) < 4.78 is 5.49. The first-order valence-corrected chi connectivity index (χ1v) is 10.8. The van der Waals surface area contributed by atoms with Crippen LogP contribution in [0, 0.1) is 5.92 Å². The van der Waals surface area contributed by atoms with Gasteiger partial charge in [-0.1, -0.05) is 40.7 Å². The lowest BCUT2D eigenvalue weighted by molar-refractivity contribution is -0.121. The van der Waals surface area contributed by atoms with Gasteiger partial charge in [-0.15, -0.1) is 0 Å². The van der Waals surface area contributed by atoms with Crippen LogP contribution in [-0.4, -0.2) is 36.6 Å². The van der Waals surface area contributed by atoms with Crippen LogP contribution in [0.2, 0.25) is 0 Å². The fourth-order valence-electron chi connectivity index (χ4n) is 3.52. The van der Waals surface area contributed by atoms with Crippen molar-refractivity contribution >= 4 is 22.5 Å². The molecule has 1 aromatic heterocycles. The van der Waals surface area contributed by atoms with E-state index in [-0.39, 0.29) is 29.3 Å². The van der Waals surface area contributed by atoms with E-state index in [0.717, 1.165) is 47.4 Å². The van der Waals surface area contributed by atoms with Gasteiger partial charge in [-0.2, -0.15) is 0 Å². The van der Waals surface area contributed by atoms with Crippen molar-refractivity contribution in [3.8, 4) is 5.75 Å². The van der Waals surface area contributed by atoms with Crippen molar-refractivity contribution in [2.75, 3.05) is 19.0 Å². The van der Waals surface area contributed by atoms with E-state index in [1.807, 2.05) is 26.0 Å². The molecular weight excluding hydrogens is 376 g/mol. The van der Waals surface area contributed by atoms with E-state index < -0.39 is 0 Å². The van der Waals surface area contributed by atoms with Crippen molar-refractivity contribution in [3.05, 3.63) is 30.0 Å². The quantitative estimate of drug-likeness (QED) is 0.507. The molecule has 30 heavy (non-hydrogen) atoms. The smallest absolute Gasteiger partial charge is 0.234 e. The summed E-state index contributed by atoms with van der Waals surface area (Å²) in [5.74, 6) is 0.703. The molecule has 0 saturated heterocycles. The summed E-state index contributed by atoms with van der Waals surface area (Å²) in [5, 5.41) is 7.94. The summed E-state index contributed by atoms with van der Waals surface area (Å²) in [6.07, 6.45) is 1.89. The number of nitrogens with two attached hydrogens (primary N) is 1. The first-order valence-electron chi connectivity index (χ1n) is 10.8. The van der Waals surface area contributed by atoms with Crippen LogP contribution in [0.3, 0.4) is 0 Å². The third-order valence-corrected chi connectivity index (χ3v) is 5.32. The minimum absolute atomic E-state index is 0.0178. The largest absolute Gasteiger partial charge is 0.497 e. The van der Waals surface area contributed by atoms with Crippen molar-refractivity contribution < 1.29 is 9.53 Å². The lowest BCUT2D eigenvalue weighted by Gasteiger charge is -2.22. The molecule has 6 nitrogen and oxygen atoms in total. The van der Waals surface area contributed by atoms with Crippen LogP contribution >= 0.6 is 0 Å². The molecule has 0 aliphatic rings. The van der Waals surface area contributed by atoms with Crippen molar-refractivity contribution in [1.82, 2.24) is 10.3 Å². The zero-order valence-corrected chi connectivity index (χ0v) is 19.5. The average molecular weight is 415 g/mol. The first-order chi connectivity index (χ1) is 14.0. The van der Waals surface area contributed by atoms with Gasteiger partial charge in [-0.3, -0.25) is 9.78 Å². The summed E-state index contributed by atoms with van der Waals surface area (Å²) >= 11 is 0. The number of amides is 1. The Bertz CT molecular complexity index is 858. The Labute approximate surface area is 181 Å². The van der Waals surface area contributed by atoms with Gasteiger partial charge >= 0.3 is 0 Å². The SMILES string of the molecule is COc1cc(NC(C)CCCN[C@H](C(N)=O)C(C)C)c2nc(C(C)(C)C)ccc2c1. The van der Waals surface area contributed by atoms with Gasteiger partial charge in [-0.05, 0) is 44.4 Å². The normalized spacial score (nSPS) is 14.0. The number of aromatic nitrogens is 1. The first kappa shape index (κ1) is 23.9. The highest BCUT2D eigenvalue weighted by Gasteiger charge is 2.19. The minimum atomic E-state index is -0.292. The zero-order chi connectivity index (χ0) is 22.5. The molecule has 1 aromatic carbocycles. The predicted octanol–water partition coefficient (Wildman–Crippen LogP) is 4.22. The van der Waals surface area contributed by atoms with Crippen LogP contribution in [0.4, 0.5) is 5.69 Å². The summed E-state index contributed by atoms with van der Waals surface area (Å²) in [7, 11) is 1.68. The molecule has 166 valence electrons. The summed E-state index contributed by atoms with van der Waals surface area (Å²) in [6.45, 7) is 13.4. The number of primary amides is 1. The lowest BCUT2D eigenvalue weighted by Crippen LogP contribution is -2.45. The van der Waals surface area contributed by atoms with Crippen LogP contribution in [-0.2, 0) is 10.2 Å². The molecule has 0 aliphatic carbocycles. The molecule has 1 unspecified atom stereocenters. The summed E-state index contributed by atoms with van der Waals surface area (Å²) in [5.41, 5.74) is 8.46. The fraction of sp³-hybridized carbons (Fsp3) is 0.583. The van der Waals surface area contributed by atoms with Crippen LogP contribution in [0.1, 0.15) is 60.1 Å². The van der Waals surface area contributed by atoms with E-state index in [9.17, 15) is 4.79 Å². The number of hydrogen-bond donors (Lipinski definition) is 3. The van der Waals surface area contributed by atoms with Gasteiger partial charge in [0, 0.05) is 28.6 Å². The van der Waals surface area contributed by atoms with Crippen molar-refractivity contribution in [2.45, 2.75) is 71.9 Å². The predicted molar refractivity (Wildman–Crippen MR) is 125 cm³/mol. The second kappa shape index (κ2) is 10.1. The van der Waals surface area contributed by atoms with Crippen molar-refractivity contribution in [2.24, 2.45) is 11.7 Å². The Morgan fingerprint density at radius 1 is 1.20 bits per heavy atom. The topological polar surface area (TPSA) is 89.3 Å². The molecule has 0 fully saturated rings. The van der Waals surface area contributed by atoms with E-state index in [1.54, 1.807) is 7.11 Å². The molecule has 0 spiro atoms. The van der Waals surface area contributed by atoms with Crippen molar-refractivity contribution in [3.63, 3.8) is 0 Å². The highest BCUT2D eigenvalue weighted by Crippen LogP contribution is 2.31. The number of methoxy groups -OCH3 is 1. The van der Waals surface area contributed by atoms with Gasteiger partial charge in [0.05, 0.1) is 24.4 Å². The Balaban J connectivity index is 2.10. The summed E-state index contributed by atoms with van der Waals surface area (Å²) in [6, 6.07) is 8.19. The fourth-order valence-corrected chi connectivity index (χ4v) is 3.52. The molecule has 0 radical (unpaired) electrons. The second-order valence-corrected chi connectivity index (χ2v) is 9.46. The minimum Gasteiger partial charge on any atom is -0.497 e. The van der Waals surface area contributed by atoms with Crippen LogP contribution in [0.15, 0.2) is 24.3 Å². The standard InChI is InChI=1S/C24H38N4O2/c1-15(2)21(23(25)29)26-12-8-9-16(3)27-19-14-18(30-7)13-17-10-11-20(24(4,5)6)28-22(17)19/h10-11,13-16,21,26-27H,8-9,12H2,1-7H3,(H2,25,29)/t16?,21-/m0/s1. The summed E-state index contributed by atoms with van der Waals surface area (Å²) in [4.78, 5) is 16.5. The Hall–Kier alpha value is -2.34. The number of carbonyl (C=O) groups is 1. The number of hydrogen-bond acceptors (Lipinski definition) is 5. The molecule has 1 amide bonds. The van der Waals surface area contributed by atoms with Gasteiger partial charge < -0.3 is 21.1 Å². The van der Waals surface area contributed by atoms with E-state index in [2.05, 4.69) is 50.5 Å². The number of fused-ring (bicyclic) bond motifs is 1. The highest BCUT2D eigenvalue weighted by atomic mass is 16.5. The van der Waals surface area contributed by atoms with Gasteiger partial charge in [0.25, 0.3) is 0 Å². The van der Waals surface area contributed by atoms with Gasteiger partial charge in [0.15, 0.2) is 0 Å². The molecule has 2 aromatic rings. The Morgan fingerprint density at radius 2 is 1.90 bits per heavy atom. The monoisotopic (exact) mass is 414 g/mol. The Morgan fingerprint density at radius 3 is 2.47 bits per heavy atom. The van der Waals surface area contributed by atoms with E-state index in [0.29, 0.717) is 0 Å². The Kier molecular flexibility index (Phi) is 8.07. The molecule has 0 saturated carbocycles. The van der Waals surface area contributed by atoms with E-state index in [1.165, 1.54) is 0 Å². The van der Waals surface area contributed by atoms with Gasteiger partial charge in [0.1, 0.15) is 5.75 Å². The van der Waals surface area contributed by atoms with E-state index >= 15 is 0 Å². The maximum Gasteiger partial charge on any atom is 0.234 e. The number of pyridine rings is 1. The second-order valence-electron chi connectivity index (χ2n) is 9.46.